The topological polar surface area (TPSA) is 0 Å². The van der Waals surface area contributed by atoms with Gasteiger partial charge in [0.2, 0.25) is 0 Å². The van der Waals surface area contributed by atoms with E-state index in [4.69, 9.17) is 0 Å². The van der Waals surface area contributed by atoms with Gasteiger partial charge in [0.05, 0.1) is 0 Å². The molecule has 4 unspecified atom stereocenters. The molecule has 0 spiro atoms. The Labute approximate surface area is 159 Å². The van der Waals surface area contributed by atoms with Crippen molar-refractivity contribution in [3.8, 4) is 0 Å². The highest BCUT2D eigenvalue weighted by Crippen LogP contribution is 2.53. The molecule has 3 saturated carbocycles. The van der Waals surface area contributed by atoms with E-state index in [1.165, 1.54) is 44.9 Å². The zero-order chi connectivity index (χ0) is 18.8. The number of rotatable bonds is 5. The van der Waals surface area contributed by atoms with Gasteiger partial charge in [0.25, 0.3) is 0 Å². The van der Waals surface area contributed by atoms with Gasteiger partial charge in [-0.25, -0.2) is 0 Å². The van der Waals surface area contributed by atoms with Gasteiger partial charge in [0.1, 0.15) is 0 Å². The second-order valence-corrected chi connectivity index (χ2v) is 8.87. The van der Waals surface area contributed by atoms with Crippen LogP contribution < -0.4 is 0 Å². The van der Waals surface area contributed by atoms with Crippen LogP contribution in [0, 0.1) is 35.5 Å². The van der Waals surface area contributed by atoms with Crippen molar-refractivity contribution in [1.29, 1.82) is 0 Å². The lowest BCUT2D eigenvalue weighted by molar-refractivity contribution is 0.240. The molecule has 3 aliphatic carbocycles. The normalized spacial score (nSPS) is 34.2. The Morgan fingerprint density at radius 3 is 2.16 bits per heavy atom. The van der Waals surface area contributed by atoms with Crippen LogP contribution in [0.25, 0.3) is 0 Å². The maximum Gasteiger partial charge on any atom is -0.0206 e. The van der Waals surface area contributed by atoms with Crippen LogP contribution in [0.1, 0.15) is 98.8 Å². The molecule has 3 rings (SSSR count). The summed E-state index contributed by atoms with van der Waals surface area (Å²) in [6.07, 6.45) is 16.4. The molecular weight excluding hydrogens is 300 g/mol. The lowest BCUT2D eigenvalue weighted by atomic mass is 9.75. The lowest BCUT2D eigenvalue weighted by Crippen LogP contribution is -2.18. The van der Waals surface area contributed by atoms with E-state index in [0.717, 1.165) is 35.5 Å². The summed E-state index contributed by atoms with van der Waals surface area (Å²) in [6, 6.07) is 0. The monoisotopic (exact) mass is 346 g/mol. The van der Waals surface area contributed by atoms with Gasteiger partial charge >= 0.3 is 0 Å². The summed E-state index contributed by atoms with van der Waals surface area (Å²) in [5, 5.41) is 0. The van der Waals surface area contributed by atoms with Crippen molar-refractivity contribution in [1.82, 2.24) is 0 Å². The van der Waals surface area contributed by atoms with Crippen molar-refractivity contribution >= 4 is 0 Å². The molecule has 4 atom stereocenters. The van der Waals surface area contributed by atoms with Crippen molar-refractivity contribution in [2.24, 2.45) is 35.5 Å². The SMILES string of the molecule is C=C(CCC(C)C1CCC2CC2C1)C1CCC(C)CC1.C=CC.CC. The van der Waals surface area contributed by atoms with Crippen molar-refractivity contribution in [2.45, 2.75) is 98.8 Å². The van der Waals surface area contributed by atoms with Gasteiger partial charge in [-0.05, 0) is 93.8 Å². The zero-order valence-corrected chi connectivity index (χ0v) is 18.0. The van der Waals surface area contributed by atoms with Gasteiger partial charge in [0.15, 0.2) is 0 Å². The summed E-state index contributed by atoms with van der Waals surface area (Å²) >= 11 is 0. The third kappa shape index (κ3) is 7.71. The second-order valence-electron chi connectivity index (χ2n) is 8.87. The highest BCUT2D eigenvalue weighted by Gasteiger charge is 2.42. The molecule has 3 fully saturated rings. The van der Waals surface area contributed by atoms with Crippen molar-refractivity contribution in [3.63, 3.8) is 0 Å². The van der Waals surface area contributed by atoms with Crippen LogP contribution in [-0.4, -0.2) is 0 Å². The minimum atomic E-state index is 0.859. The van der Waals surface area contributed by atoms with E-state index in [-0.39, 0.29) is 0 Å². The Bertz CT molecular complexity index is 371. The van der Waals surface area contributed by atoms with Crippen molar-refractivity contribution in [3.05, 3.63) is 24.8 Å². The highest BCUT2D eigenvalue weighted by molar-refractivity contribution is 5.02. The fourth-order valence-electron chi connectivity index (χ4n) is 4.93. The van der Waals surface area contributed by atoms with Gasteiger partial charge in [-0.3, -0.25) is 0 Å². The summed E-state index contributed by atoms with van der Waals surface area (Å²) in [5.41, 5.74) is 1.59. The van der Waals surface area contributed by atoms with Crippen LogP contribution in [0.3, 0.4) is 0 Å². The van der Waals surface area contributed by atoms with E-state index >= 15 is 0 Å². The van der Waals surface area contributed by atoms with E-state index < -0.39 is 0 Å². The average molecular weight is 347 g/mol. The summed E-state index contributed by atoms with van der Waals surface area (Å²) in [5.74, 6) is 6.09. The van der Waals surface area contributed by atoms with Crippen LogP contribution in [0.2, 0.25) is 0 Å². The van der Waals surface area contributed by atoms with E-state index in [0.29, 0.717) is 0 Å². The smallest absolute Gasteiger partial charge is 0.0206 e. The number of hydrogen-bond acceptors (Lipinski definition) is 0. The minimum absolute atomic E-state index is 0.859. The Kier molecular flexibility index (Phi) is 10.8. The van der Waals surface area contributed by atoms with Crippen LogP contribution in [0.4, 0.5) is 0 Å². The highest BCUT2D eigenvalue weighted by atomic mass is 14.5. The Morgan fingerprint density at radius 2 is 1.60 bits per heavy atom. The van der Waals surface area contributed by atoms with E-state index in [1.54, 1.807) is 30.9 Å². The standard InChI is InChI=1S/C20H34.C3H6.C2H6/c1-14-4-8-17(9-5-14)15(2)6-7-16(3)18-10-11-19-13-20(19)12-18;1-3-2;1-2/h14,16-20H,2,4-13H2,1,3H3;3H,1H2,2H3;1-2H3. The lowest BCUT2D eigenvalue weighted by Gasteiger charge is -2.30. The first-order valence-electron chi connectivity index (χ1n) is 11.3. The van der Waals surface area contributed by atoms with Gasteiger partial charge < -0.3 is 0 Å². The number of fused-ring (bicyclic) bond motifs is 1. The maximum atomic E-state index is 4.44. The average Bonchev–Trinajstić information content (AvgIpc) is 3.41. The zero-order valence-electron chi connectivity index (χ0n) is 18.0. The molecule has 0 N–H and O–H groups in total. The van der Waals surface area contributed by atoms with E-state index in [9.17, 15) is 0 Å². The first-order chi connectivity index (χ1) is 12.0. The molecule has 0 radical (unpaired) electrons. The summed E-state index contributed by atoms with van der Waals surface area (Å²) in [4.78, 5) is 0. The first-order valence-corrected chi connectivity index (χ1v) is 11.3. The molecule has 0 amide bonds. The largest absolute Gasteiger partial charge is 0.103 e. The Morgan fingerprint density at radius 1 is 1.00 bits per heavy atom. The van der Waals surface area contributed by atoms with Crippen LogP contribution in [0.15, 0.2) is 24.8 Å². The predicted octanol–water partition coefficient (Wildman–Crippen LogP) is 8.44. The molecule has 0 nitrogen and oxygen atoms in total. The fraction of sp³-hybridized carbons (Fsp3) is 0.840. The summed E-state index contributed by atoms with van der Waals surface area (Å²) < 4.78 is 0. The predicted molar refractivity (Wildman–Crippen MR) is 115 cm³/mol. The molecule has 3 aliphatic rings. The summed E-state index contributed by atoms with van der Waals surface area (Å²) in [6.45, 7) is 18.6. The molecule has 25 heavy (non-hydrogen) atoms. The molecule has 0 heteroatoms. The van der Waals surface area contributed by atoms with Crippen LogP contribution in [-0.2, 0) is 0 Å². The summed E-state index contributed by atoms with van der Waals surface area (Å²) in [7, 11) is 0. The molecule has 0 heterocycles. The van der Waals surface area contributed by atoms with Crippen LogP contribution in [0.5, 0.6) is 0 Å². The molecule has 0 aromatic rings. The number of hydrogen-bond donors (Lipinski definition) is 0. The first kappa shape index (κ1) is 22.5. The molecule has 0 aromatic heterocycles. The van der Waals surface area contributed by atoms with Crippen LogP contribution >= 0.6 is 0 Å². The fourth-order valence-corrected chi connectivity index (χ4v) is 4.93. The maximum absolute atomic E-state index is 4.44. The van der Waals surface area contributed by atoms with Crippen molar-refractivity contribution in [2.75, 3.05) is 0 Å². The molecule has 0 saturated heterocycles. The molecule has 0 bridgehead atoms. The number of allylic oxidation sites excluding steroid dienone is 2. The second kappa shape index (κ2) is 12.0. The molecule has 0 aromatic carbocycles. The van der Waals surface area contributed by atoms with Gasteiger partial charge in [-0.1, -0.05) is 58.8 Å². The van der Waals surface area contributed by atoms with E-state index in [1.807, 2.05) is 20.8 Å². The molecular formula is C25H46. The minimum Gasteiger partial charge on any atom is -0.103 e. The third-order valence-corrected chi connectivity index (χ3v) is 6.90. The van der Waals surface area contributed by atoms with Crippen molar-refractivity contribution < 1.29 is 0 Å². The third-order valence-electron chi connectivity index (χ3n) is 6.90. The van der Waals surface area contributed by atoms with E-state index in [2.05, 4.69) is 27.0 Å². The molecule has 146 valence electrons. The van der Waals surface area contributed by atoms with Gasteiger partial charge in [-0.2, -0.15) is 0 Å². The molecule has 0 aliphatic heterocycles. The Hall–Kier alpha value is -0.520. The Balaban J connectivity index is 0.000000567. The van der Waals surface area contributed by atoms with Gasteiger partial charge in [0, 0.05) is 0 Å². The quantitative estimate of drug-likeness (QED) is 0.438. The van der Waals surface area contributed by atoms with Gasteiger partial charge in [-0.15, -0.1) is 6.58 Å².